The smallest absolute Gasteiger partial charge is 0.264 e. The number of carbonyl (C=O) groups is 2. The van der Waals surface area contributed by atoms with Crippen molar-refractivity contribution in [1.82, 2.24) is 20.0 Å². The van der Waals surface area contributed by atoms with E-state index >= 15 is 4.79 Å². The normalized spacial score (nSPS) is 21.0. The number of hydrogen-bond acceptors (Lipinski definition) is 8. The molecule has 1 saturated heterocycles. The van der Waals surface area contributed by atoms with Crippen molar-refractivity contribution in [2.75, 3.05) is 23.9 Å². The van der Waals surface area contributed by atoms with Crippen LogP contribution in [0, 0.1) is 5.92 Å². The number of hydrogen-bond donors (Lipinski definition) is 4. The van der Waals surface area contributed by atoms with Gasteiger partial charge in [-0.05, 0) is 72.6 Å². The Bertz CT molecular complexity index is 2410. The van der Waals surface area contributed by atoms with E-state index in [0.29, 0.717) is 35.7 Å². The highest BCUT2D eigenvalue weighted by molar-refractivity contribution is 6.71. The molecular formula is C44H48N6O6Si. The van der Waals surface area contributed by atoms with Gasteiger partial charge < -0.3 is 34.6 Å². The quantitative estimate of drug-likeness (QED) is 0.0968. The van der Waals surface area contributed by atoms with Crippen LogP contribution < -0.4 is 15.0 Å². The number of rotatable bonds is 13. The molecule has 2 amide bonds. The van der Waals surface area contributed by atoms with Gasteiger partial charge in [-0.1, -0.05) is 72.8 Å². The van der Waals surface area contributed by atoms with Crippen LogP contribution in [0.2, 0.25) is 18.6 Å². The highest BCUT2D eigenvalue weighted by Gasteiger charge is 2.66. The minimum Gasteiger partial charge on any atom is -0.497 e. The number of ether oxygens (including phenoxy) is 2. The molecule has 2 aliphatic rings. The van der Waals surface area contributed by atoms with Crippen molar-refractivity contribution in [3.63, 3.8) is 0 Å². The lowest BCUT2D eigenvalue weighted by Gasteiger charge is -2.32. The number of methoxy groups -OCH3 is 1. The van der Waals surface area contributed by atoms with Crippen LogP contribution >= 0.6 is 0 Å². The summed E-state index contributed by atoms with van der Waals surface area (Å²) < 4.78 is 14.5. The van der Waals surface area contributed by atoms with Gasteiger partial charge in [-0.2, -0.15) is 0 Å². The summed E-state index contributed by atoms with van der Waals surface area (Å²) in [6.45, 7) is 6.41. The first-order valence-electron chi connectivity index (χ1n) is 19.4. The Morgan fingerprint density at radius 2 is 1.84 bits per heavy atom. The summed E-state index contributed by atoms with van der Waals surface area (Å²) in [7, 11) is -1.33. The number of para-hydroxylation sites is 1. The summed E-state index contributed by atoms with van der Waals surface area (Å²) in [5.41, 5.74) is 4.77. The number of anilines is 2. The molecule has 4 aromatic carbocycles. The molecule has 4 N–H and O–H groups in total. The van der Waals surface area contributed by atoms with Gasteiger partial charge in [0.05, 0.1) is 50.1 Å². The molecular weight excluding hydrogens is 737 g/mol. The Morgan fingerprint density at radius 3 is 2.61 bits per heavy atom. The van der Waals surface area contributed by atoms with E-state index in [1.54, 1.807) is 16.7 Å². The number of nitrogens with zero attached hydrogens (tertiary/aromatic N) is 4. The second-order valence-corrected chi connectivity index (χ2v) is 19.7. The average molecular weight is 785 g/mol. The molecule has 0 aliphatic carbocycles. The average Bonchev–Trinajstić information content (AvgIpc) is 3.96. The number of H-pyrrole nitrogens is 1. The molecule has 5 atom stereocenters. The highest BCUT2D eigenvalue weighted by Crippen LogP contribution is 2.60. The Hall–Kier alpha value is -5.60. The topological polar surface area (TPSA) is 155 Å². The van der Waals surface area contributed by atoms with E-state index in [9.17, 15) is 14.7 Å². The Labute approximate surface area is 332 Å². The molecule has 0 radical (unpaired) electrons. The van der Waals surface area contributed by atoms with Crippen molar-refractivity contribution >= 4 is 42.4 Å². The van der Waals surface area contributed by atoms with E-state index in [2.05, 4.69) is 20.6 Å². The maximum absolute atomic E-state index is 15.1. The number of fused-ring (bicyclic) bond motifs is 3. The minimum absolute atomic E-state index is 0.104. The van der Waals surface area contributed by atoms with Crippen LogP contribution in [0.4, 0.5) is 11.4 Å². The van der Waals surface area contributed by atoms with Gasteiger partial charge in [0.15, 0.2) is 13.9 Å². The van der Waals surface area contributed by atoms with E-state index in [1.165, 1.54) is 0 Å². The lowest BCUT2D eigenvalue weighted by molar-refractivity contribution is -0.146. The zero-order valence-corrected chi connectivity index (χ0v) is 33.6. The Morgan fingerprint density at radius 1 is 1.05 bits per heavy atom. The predicted molar refractivity (Wildman–Crippen MR) is 220 cm³/mol. The van der Waals surface area contributed by atoms with Crippen LogP contribution in [-0.2, 0) is 39.4 Å². The van der Waals surface area contributed by atoms with Crippen molar-refractivity contribution in [1.29, 1.82) is 0 Å². The zero-order valence-electron chi connectivity index (χ0n) is 32.6. The van der Waals surface area contributed by atoms with Crippen LogP contribution in [0.15, 0.2) is 109 Å². The number of aromatic amines is 1. The predicted octanol–water partition coefficient (Wildman–Crippen LogP) is 6.51. The van der Waals surface area contributed by atoms with Crippen LogP contribution in [-0.4, -0.2) is 69.8 Å². The molecule has 0 bridgehead atoms. The summed E-state index contributed by atoms with van der Waals surface area (Å²) in [5, 5.41) is 23.0. The molecule has 0 saturated carbocycles. The zero-order chi connectivity index (χ0) is 39.9. The summed E-state index contributed by atoms with van der Waals surface area (Å²) in [6, 6.07) is 30.8. The number of aromatic nitrogens is 4. The van der Waals surface area contributed by atoms with E-state index in [4.69, 9.17) is 9.47 Å². The van der Waals surface area contributed by atoms with Crippen molar-refractivity contribution < 1.29 is 29.0 Å². The fourth-order valence-electron chi connectivity index (χ4n) is 9.09. The summed E-state index contributed by atoms with van der Waals surface area (Å²) in [4.78, 5) is 45.1. The first-order valence-corrected chi connectivity index (χ1v) is 22.4. The van der Waals surface area contributed by atoms with Gasteiger partial charge >= 0.3 is 0 Å². The molecule has 1 unspecified atom stereocenters. The molecule has 12 nitrogen and oxygen atoms in total. The second-order valence-electron chi connectivity index (χ2n) is 15.8. The van der Waals surface area contributed by atoms with E-state index in [1.807, 2.05) is 129 Å². The first kappa shape index (κ1) is 38.3. The molecule has 8 rings (SSSR count). The molecule has 1 spiro atoms. The number of aryl methyl sites for hydroxylation is 1. The van der Waals surface area contributed by atoms with E-state index in [0.717, 1.165) is 33.3 Å². The molecule has 6 aromatic rings. The third kappa shape index (κ3) is 7.16. The molecule has 294 valence electrons. The third-order valence-electron chi connectivity index (χ3n) is 11.7. The van der Waals surface area contributed by atoms with Crippen LogP contribution in [0.5, 0.6) is 5.75 Å². The SMILES string of the molecule is COc1ccc2c(c1)[C@]1(O[C@@H](CCn3cc(C(CO)c4ccccc4)nn3)[C@H]([Si](C)(C)O)[C@H]1C)C(=O)N2Cc1cccc(NC(=O)Cc2c[nH]c3ccccc23)c1. The standard InChI is InChI=1S/C44H48N6O6Si/c1-28-42(57(3,4)54)40(19-20-49-26-38(47-48-49)35(27-51)30-12-6-5-7-13-30)56-44(28)36-23-33(55-2)17-18-39(36)50(43(44)53)25-29-11-10-14-32(21-29)46-41(52)22-31-24-45-37-16-9-8-15-34(31)37/h5-18,21,23-24,26,28,35,40,42,45,51,54H,19-20,22,25,27H2,1-4H3,(H,46,52)/t28-,35?,40+,42-,44+/m1/s1. The Balaban J connectivity index is 1.04. The van der Waals surface area contributed by atoms with Gasteiger partial charge in [0, 0.05) is 52.6 Å². The highest BCUT2D eigenvalue weighted by atomic mass is 28.4. The number of aliphatic hydroxyl groups is 1. The summed E-state index contributed by atoms with van der Waals surface area (Å²) in [6.07, 6.45) is 3.96. The number of amides is 2. The number of carbonyl (C=O) groups excluding carboxylic acids is 2. The van der Waals surface area contributed by atoms with Gasteiger partial charge in [0.25, 0.3) is 5.91 Å². The van der Waals surface area contributed by atoms with Gasteiger partial charge in [0.1, 0.15) is 5.75 Å². The van der Waals surface area contributed by atoms with Crippen LogP contribution in [0.1, 0.15) is 47.2 Å². The lowest BCUT2D eigenvalue weighted by atomic mass is 9.82. The van der Waals surface area contributed by atoms with Gasteiger partial charge in [-0.25, -0.2) is 0 Å². The third-order valence-corrected chi connectivity index (χ3v) is 14.2. The van der Waals surface area contributed by atoms with Crippen LogP contribution in [0.25, 0.3) is 10.9 Å². The van der Waals surface area contributed by atoms with E-state index in [-0.39, 0.29) is 48.8 Å². The van der Waals surface area contributed by atoms with Crippen molar-refractivity contribution in [2.24, 2.45) is 5.92 Å². The molecule has 13 heteroatoms. The fourth-order valence-corrected chi connectivity index (χ4v) is 11.7. The summed E-state index contributed by atoms with van der Waals surface area (Å²) in [5.74, 6) is -0.410. The second kappa shape index (κ2) is 15.4. The molecule has 2 aliphatic heterocycles. The minimum atomic E-state index is -2.92. The van der Waals surface area contributed by atoms with Crippen molar-refractivity contribution in [2.45, 2.75) is 69.1 Å². The lowest BCUT2D eigenvalue weighted by Crippen LogP contribution is -2.46. The molecule has 4 heterocycles. The number of nitrogens with one attached hydrogen (secondary N) is 2. The maximum Gasteiger partial charge on any atom is 0.264 e. The molecule has 1 fully saturated rings. The molecule has 2 aromatic heterocycles. The fraction of sp³-hybridized carbons (Fsp3) is 0.318. The monoisotopic (exact) mass is 784 g/mol. The van der Waals surface area contributed by atoms with Gasteiger partial charge in [-0.15, -0.1) is 5.10 Å². The number of benzene rings is 4. The van der Waals surface area contributed by atoms with E-state index < -0.39 is 20.0 Å². The summed E-state index contributed by atoms with van der Waals surface area (Å²) >= 11 is 0. The van der Waals surface area contributed by atoms with Crippen LogP contribution in [0.3, 0.4) is 0 Å². The van der Waals surface area contributed by atoms with Crippen molar-refractivity contribution in [3.05, 3.63) is 137 Å². The first-order chi connectivity index (χ1) is 27.5. The maximum atomic E-state index is 15.1. The van der Waals surface area contributed by atoms with Gasteiger partial charge in [0.2, 0.25) is 5.91 Å². The number of aliphatic hydroxyl groups excluding tert-OH is 1. The molecule has 57 heavy (non-hydrogen) atoms. The van der Waals surface area contributed by atoms with Gasteiger partial charge in [-0.3, -0.25) is 14.3 Å². The largest absolute Gasteiger partial charge is 0.497 e. The van der Waals surface area contributed by atoms with Crippen molar-refractivity contribution in [3.8, 4) is 5.75 Å². The Kier molecular flexibility index (Phi) is 10.3.